The highest BCUT2D eigenvalue weighted by atomic mass is 16.3. The fourth-order valence-electron chi connectivity index (χ4n) is 2.04. The summed E-state index contributed by atoms with van der Waals surface area (Å²) in [4.78, 5) is 16.3. The zero-order valence-corrected chi connectivity index (χ0v) is 10.0. The minimum atomic E-state index is -1.04. The van der Waals surface area contributed by atoms with Crippen LogP contribution in [-0.4, -0.2) is 22.7 Å². The number of para-hydroxylation sites is 1. The molecule has 0 spiro atoms. The first kappa shape index (κ1) is 12.0. The van der Waals surface area contributed by atoms with Gasteiger partial charge in [-0.1, -0.05) is 31.9 Å². The van der Waals surface area contributed by atoms with Crippen molar-refractivity contribution >= 4 is 17.2 Å². The summed E-state index contributed by atoms with van der Waals surface area (Å²) in [6.07, 6.45) is 2.86. The highest BCUT2D eigenvalue weighted by Crippen LogP contribution is 2.27. The van der Waals surface area contributed by atoms with Gasteiger partial charge in [0.05, 0.1) is 11.4 Å². The van der Waals surface area contributed by atoms with Crippen LogP contribution in [0.4, 0.5) is 5.69 Å². The van der Waals surface area contributed by atoms with E-state index in [-0.39, 0.29) is 5.78 Å². The molecular weight excluding hydrogens is 214 g/mol. The predicted molar refractivity (Wildman–Crippen MR) is 68.0 cm³/mol. The topological polar surface area (TPSA) is 49.7 Å². The van der Waals surface area contributed by atoms with Gasteiger partial charge in [0.25, 0.3) is 0 Å². The van der Waals surface area contributed by atoms with Crippen LogP contribution >= 0.6 is 0 Å². The number of fused-ring (bicyclic) bond motifs is 1. The minimum absolute atomic E-state index is 0.220. The van der Waals surface area contributed by atoms with E-state index in [1.54, 1.807) is 12.1 Å². The monoisotopic (exact) mass is 231 g/mol. The third-order valence-electron chi connectivity index (χ3n) is 3.03. The molecule has 1 aromatic carbocycles. The van der Waals surface area contributed by atoms with Crippen LogP contribution in [0.15, 0.2) is 29.3 Å². The van der Waals surface area contributed by atoms with Gasteiger partial charge in [0, 0.05) is 5.56 Å². The summed E-state index contributed by atoms with van der Waals surface area (Å²) in [6.45, 7) is 2.12. The number of aliphatic imine (C=N–C) groups is 1. The molecule has 1 N–H and O–H groups in total. The number of aliphatic hydroxyl groups is 1. The first-order chi connectivity index (χ1) is 8.24. The molecule has 0 saturated heterocycles. The van der Waals surface area contributed by atoms with Crippen molar-refractivity contribution in [2.75, 3.05) is 0 Å². The Bertz CT molecular complexity index is 451. The third kappa shape index (κ3) is 2.44. The number of carbonyl (C=O) groups is 1. The van der Waals surface area contributed by atoms with Crippen LogP contribution < -0.4 is 0 Å². The van der Waals surface area contributed by atoms with Gasteiger partial charge in [0.1, 0.15) is 0 Å². The second-order valence-electron chi connectivity index (χ2n) is 4.34. The van der Waals surface area contributed by atoms with Gasteiger partial charge < -0.3 is 5.11 Å². The maximum absolute atomic E-state index is 11.9. The molecule has 0 radical (unpaired) electrons. The van der Waals surface area contributed by atoms with Crippen LogP contribution in [0.2, 0.25) is 0 Å². The number of nitrogens with zero attached hydrogens (tertiary/aromatic N) is 1. The van der Waals surface area contributed by atoms with E-state index in [2.05, 4.69) is 11.9 Å². The summed E-state index contributed by atoms with van der Waals surface area (Å²) in [5, 5.41) is 9.90. The van der Waals surface area contributed by atoms with Crippen molar-refractivity contribution in [2.24, 2.45) is 4.99 Å². The lowest BCUT2D eigenvalue weighted by Gasteiger charge is -2.19. The molecule has 3 heteroatoms. The third-order valence-corrected chi connectivity index (χ3v) is 3.03. The molecule has 0 aliphatic carbocycles. The van der Waals surface area contributed by atoms with E-state index in [4.69, 9.17) is 0 Å². The second kappa shape index (κ2) is 5.23. The molecule has 1 atom stereocenters. The second-order valence-corrected chi connectivity index (χ2v) is 4.34. The Morgan fingerprint density at radius 3 is 2.82 bits per heavy atom. The number of unbranched alkanes of at least 4 members (excludes halogenated alkanes) is 2. The van der Waals surface area contributed by atoms with Crippen LogP contribution in [-0.2, 0) is 0 Å². The number of ketones is 1. The average Bonchev–Trinajstić information content (AvgIpc) is 2.35. The molecule has 1 aromatic rings. The molecule has 17 heavy (non-hydrogen) atoms. The fraction of sp³-hybridized carbons (Fsp3) is 0.429. The highest BCUT2D eigenvalue weighted by molar-refractivity contribution is 6.20. The zero-order valence-electron chi connectivity index (χ0n) is 10.0. The average molecular weight is 231 g/mol. The van der Waals surface area contributed by atoms with Crippen molar-refractivity contribution in [3.05, 3.63) is 29.8 Å². The van der Waals surface area contributed by atoms with Crippen molar-refractivity contribution < 1.29 is 9.90 Å². The molecule has 3 nitrogen and oxygen atoms in total. The van der Waals surface area contributed by atoms with E-state index in [0.717, 1.165) is 19.3 Å². The van der Waals surface area contributed by atoms with Gasteiger partial charge in [-0.3, -0.25) is 9.79 Å². The molecule has 0 saturated carbocycles. The van der Waals surface area contributed by atoms with E-state index >= 15 is 0 Å². The molecule has 0 bridgehead atoms. The van der Waals surface area contributed by atoms with Gasteiger partial charge in [0.15, 0.2) is 11.9 Å². The Kier molecular flexibility index (Phi) is 3.69. The molecule has 2 rings (SSSR count). The first-order valence-electron chi connectivity index (χ1n) is 6.12. The number of Topliss-reactive ketones (excluding diaryl/α,β-unsaturated/α-hetero) is 1. The van der Waals surface area contributed by atoms with Gasteiger partial charge >= 0.3 is 0 Å². The number of aliphatic hydroxyl groups excluding tert-OH is 1. The van der Waals surface area contributed by atoms with Crippen LogP contribution in [0.25, 0.3) is 0 Å². The lowest BCUT2D eigenvalue weighted by Crippen LogP contribution is -2.32. The van der Waals surface area contributed by atoms with Gasteiger partial charge in [-0.15, -0.1) is 0 Å². The number of rotatable bonds is 4. The Morgan fingerprint density at radius 1 is 1.29 bits per heavy atom. The lowest BCUT2D eigenvalue weighted by atomic mass is 9.95. The molecule has 0 aromatic heterocycles. The van der Waals surface area contributed by atoms with Gasteiger partial charge in [0.2, 0.25) is 0 Å². The molecule has 0 fully saturated rings. The van der Waals surface area contributed by atoms with Gasteiger partial charge in [-0.25, -0.2) is 0 Å². The van der Waals surface area contributed by atoms with Crippen molar-refractivity contribution in [3.8, 4) is 0 Å². The van der Waals surface area contributed by atoms with Crippen LogP contribution in [0.3, 0.4) is 0 Å². The van der Waals surface area contributed by atoms with E-state index < -0.39 is 6.10 Å². The predicted octanol–water partition coefficient (Wildman–Crippen LogP) is 2.90. The summed E-state index contributed by atoms with van der Waals surface area (Å²) >= 11 is 0. The lowest BCUT2D eigenvalue weighted by molar-refractivity contribution is 0.0838. The van der Waals surface area contributed by atoms with Crippen LogP contribution in [0.1, 0.15) is 43.0 Å². The number of carbonyl (C=O) groups excluding carboxylic acids is 1. The minimum Gasteiger partial charge on any atom is -0.379 e. The van der Waals surface area contributed by atoms with E-state index in [1.807, 2.05) is 12.1 Å². The maximum atomic E-state index is 11.9. The molecule has 1 aliphatic heterocycles. The zero-order chi connectivity index (χ0) is 12.3. The van der Waals surface area contributed by atoms with Crippen molar-refractivity contribution in [3.63, 3.8) is 0 Å². The number of hydrogen-bond donors (Lipinski definition) is 1. The van der Waals surface area contributed by atoms with Crippen LogP contribution in [0, 0.1) is 0 Å². The quantitative estimate of drug-likeness (QED) is 0.810. The van der Waals surface area contributed by atoms with Crippen molar-refractivity contribution in [1.82, 2.24) is 0 Å². The van der Waals surface area contributed by atoms with Crippen molar-refractivity contribution in [2.45, 2.75) is 38.7 Å². The summed E-state index contributed by atoms with van der Waals surface area (Å²) < 4.78 is 0. The normalized spacial score (nSPS) is 18.8. The Balaban J connectivity index is 2.23. The van der Waals surface area contributed by atoms with Crippen LogP contribution in [0.5, 0.6) is 0 Å². The number of benzene rings is 1. The highest BCUT2D eigenvalue weighted by Gasteiger charge is 2.28. The first-order valence-corrected chi connectivity index (χ1v) is 6.12. The summed E-state index contributed by atoms with van der Waals surface area (Å²) in [7, 11) is 0. The molecule has 1 unspecified atom stereocenters. The maximum Gasteiger partial charge on any atom is 0.199 e. The number of hydrogen-bond acceptors (Lipinski definition) is 3. The standard InChI is InChI=1S/C14H17NO2/c1-2-3-4-9-12-14(17)13(16)10-7-5-6-8-11(10)15-12/h5-8,14,17H,2-4,9H2,1H3. The molecular formula is C14H17NO2. The Labute approximate surface area is 101 Å². The van der Waals surface area contributed by atoms with Gasteiger partial charge in [-0.05, 0) is 25.0 Å². The largest absolute Gasteiger partial charge is 0.379 e. The Morgan fingerprint density at radius 2 is 2.06 bits per heavy atom. The molecule has 1 heterocycles. The SMILES string of the molecule is CCCCCC1=Nc2ccccc2C(=O)C1O. The van der Waals surface area contributed by atoms with Gasteiger partial charge in [-0.2, -0.15) is 0 Å². The molecule has 0 amide bonds. The van der Waals surface area contributed by atoms with E-state index in [9.17, 15) is 9.90 Å². The summed E-state index contributed by atoms with van der Waals surface area (Å²) in [5.41, 5.74) is 1.83. The summed E-state index contributed by atoms with van der Waals surface area (Å²) in [5.74, 6) is -0.220. The van der Waals surface area contributed by atoms with E-state index in [0.29, 0.717) is 23.4 Å². The van der Waals surface area contributed by atoms with Crippen molar-refractivity contribution in [1.29, 1.82) is 0 Å². The fourth-order valence-corrected chi connectivity index (χ4v) is 2.04. The van der Waals surface area contributed by atoms with E-state index in [1.165, 1.54) is 0 Å². The summed E-state index contributed by atoms with van der Waals surface area (Å²) in [6, 6.07) is 7.18. The molecule has 90 valence electrons. The smallest absolute Gasteiger partial charge is 0.199 e. The molecule has 1 aliphatic rings. The Hall–Kier alpha value is -1.48.